The number of hydrogen-bond donors (Lipinski definition) is 2. The molecule has 6 nitrogen and oxygen atoms in total. The molecule has 2 aromatic heterocycles. The standard InChI is InChI=1S/C31H26N2O4/c1-21-29(33-31(37-21)24-10-6-3-7-11-24)20-36-25-14-12-22(13-15-25)18-28-26(16-17-30(34)35)27(19-32-28)23-8-4-2-5-9-23/h2-17,19,32H,18,20H2,1H3,(H,34,35)/b17-16+. The number of nitrogens with zero attached hydrogens (tertiary/aromatic N) is 1. The minimum Gasteiger partial charge on any atom is -0.487 e. The molecule has 0 atom stereocenters. The summed E-state index contributed by atoms with van der Waals surface area (Å²) in [6.45, 7) is 2.19. The number of aromatic nitrogens is 2. The van der Waals surface area contributed by atoms with Crippen LogP contribution in [-0.4, -0.2) is 21.0 Å². The van der Waals surface area contributed by atoms with Gasteiger partial charge in [-0.15, -0.1) is 0 Å². The third kappa shape index (κ3) is 5.70. The number of aliphatic carboxylic acids is 1. The van der Waals surface area contributed by atoms with Gasteiger partial charge in [-0.05, 0) is 48.4 Å². The molecule has 3 aromatic carbocycles. The molecule has 0 bridgehead atoms. The van der Waals surface area contributed by atoms with E-state index in [1.807, 2.05) is 98.0 Å². The lowest BCUT2D eigenvalue weighted by atomic mass is 9.99. The van der Waals surface area contributed by atoms with Crippen molar-refractivity contribution < 1.29 is 19.1 Å². The molecular weight excluding hydrogens is 464 g/mol. The Labute approximate surface area is 214 Å². The number of carboxylic acid groups (broad SMARTS) is 1. The predicted octanol–water partition coefficient (Wildman–Crippen LogP) is 6.91. The van der Waals surface area contributed by atoms with Crippen LogP contribution in [0.2, 0.25) is 0 Å². The lowest BCUT2D eigenvalue weighted by Gasteiger charge is -2.07. The van der Waals surface area contributed by atoms with Crippen LogP contribution in [0.25, 0.3) is 28.7 Å². The first-order valence-corrected chi connectivity index (χ1v) is 12.0. The zero-order chi connectivity index (χ0) is 25.6. The van der Waals surface area contributed by atoms with Crippen LogP contribution in [0.1, 0.15) is 28.3 Å². The van der Waals surface area contributed by atoms with Crippen LogP contribution in [0, 0.1) is 6.92 Å². The van der Waals surface area contributed by atoms with E-state index in [9.17, 15) is 9.90 Å². The van der Waals surface area contributed by atoms with Crippen molar-refractivity contribution in [1.29, 1.82) is 0 Å². The number of carboxylic acids is 1. The lowest BCUT2D eigenvalue weighted by molar-refractivity contribution is -0.131. The molecule has 0 amide bonds. The number of aryl methyl sites for hydroxylation is 1. The number of carbonyl (C=O) groups is 1. The van der Waals surface area contributed by atoms with Gasteiger partial charge in [0.15, 0.2) is 0 Å². The van der Waals surface area contributed by atoms with Crippen LogP contribution in [0.5, 0.6) is 5.75 Å². The van der Waals surface area contributed by atoms with Gasteiger partial charge in [0.05, 0.1) is 0 Å². The van der Waals surface area contributed by atoms with Crippen molar-refractivity contribution in [1.82, 2.24) is 9.97 Å². The monoisotopic (exact) mass is 490 g/mol. The minimum atomic E-state index is -0.981. The summed E-state index contributed by atoms with van der Waals surface area (Å²) in [4.78, 5) is 19.1. The normalized spacial score (nSPS) is 11.2. The fourth-order valence-electron chi connectivity index (χ4n) is 4.15. The van der Waals surface area contributed by atoms with Gasteiger partial charge < -0.3 is 19.2 Å². The number of oxazole rings is 1. The number of aromatic amines is 1. The van der Waals surface area contributed by atoms with Crippen molar-refractivity contribution in [3.63, 3.8) is 0 Å². The highest BCUT2D eigenvalue weighted by Crippen LogP contribution is 2.29. The van der Waals surface area contributed by atoms with E-state index >= 15 is 0 Å². The summed E-state index contributed by atoms with van der Waals surface area (Å²) in [5, 5.41) is 9.17. The van der Waals surface area contributed by atoms with Crippen LogP contribution in [0.3, 0.4) is 0 Å². The molecule has 0 aliphatic rings. The molecule has 6 heteroatoms. The molecule has 0 aliphatic carbocycles. The van der Waals surface area contributed by atoms with Crippen molar-refractivity contribution in [3.8, 4) is 28.3 Å². The molecule has 5 aromatic rings. The molecule has 0 spiro atoms. The Morgan fingerprint density at radius 2 is 1.65 bits per heavy atom. The topological polar surface area (TPSA) is 88.4 Å². The molecule has 2 heterocycles. The third-order valence-electron chi connectivity index (χ3n) is 6.08. The van der Waals surface area contributed by atoms with Gasteiger partial charge >= 0.3 is 5.97 Å². The SMILES string of the molecule is Cc1oc(-c2ccccc2)nc1COc1ccc(Cc2[nH]cc(-c3ccccc3)c2/C=C/C(=O)O)cc1. The van der Waals surface area contributed by atoms with E-state index in [-0.39, 0.29) is 0 Å². The molecule has 5 rings (SSSR count). The average Bonchev–Trinajstić information content (AvgIpc) is 3.50. The Morgan fingerprint density at radius 1 is 0.973 bits per heavy atom. The molecule has 37 heavy (non-hydrogen) atoms. The molecule has 0 radical (unpaired) electrons. The largest absolute Gasteiger partial charge is 0.487 e. The first kappa shape index (κ1) is 23.9. The predicted molar refractivity (Wildman–Crippen MR) is 143 cm³/mol. The number of H-pyrrole nitrogens is 1. The summed E-state index contributed by atoms with van der Waals surface area (Å²) >= 11 is 0. The fraction of sp³-hybridized carbons (Fsp3) is 0.0968. The maximum atomic E-state index is 11.2. The summed E-state index contributed by atoms with van der Waals surface area (Å²) in [6, 6.07) is 27.6. The summed E-state index contributed by atoms with van der Waals surface area (Å²) in [7, 11) is 0. The molecule has 0 fully saturated rings. The van der Waals surface area contributed by atoms with E-state index in [0.29, 0.717) is 18.9 Å². The van der Waals surface area contributed by atoms with Gasteiger partial charge in [-0.3, -0.25) is 0 Å². The molecule has 0 aliphatic heterocycles. The summed E-state index contributed by atoms with van der Waals surface area (Å²) in [5.41, 5.74) is 6.56. The van der Waals surface area contributed by atoms with Crippen LogP contribution < -0.4 is 4.74 Å². The van der Waals surface area contributed by atoms with Crippen molar-refractivity contribution in [2.45, 2.75) is 20.0 Å². The van der Waals surface area contributed by atoms with Gasteiger partial charge in [-0.1, -0.05) is 60.7 Å². The summed E-state index contributed by atoms with van der Waals surface area (Å²) in [5.74, 6) is 1.07. The van der Waals surface area contributed by atoms with Gasteiger partial charge in [-0.25, -0.2) is 9.78 Å². The number of benzene rings is 3. The van der Waals surface area contributed by atoms with Gasteiger partial charge in [0.2, 0.25) is 5.89 Å². The van der Waals surface area contributed by atoms with E-state index in [2.05, 4.69) is 9.97 Å². The van der Waals surface area contributed by atoms with Gasteiger partial charge in [-0.2, -0.15) is 0 Å². The zero-order valence-electron chi connectivity index (χ0n) is 20.3. The minimum absolute atomic E-state index is 0.308. The van der Waals surface area contributed by atoms with E-state index in [4.69, 9.17) is 9.15 Å². The van der Waals surface area contributed by atoms with Crippen molar-refractivity contribution in [2.24, 2.45) is 0 Å². The Morgan fingerprint density at radius 3 is 2.32 bits per heavy atom. The summed E-state index contributed by atoms with van der Waals surface area (Å²) in [6.07, 6.45) is 5.37. The van der Waals surface area contributed by atoms with Crippen LogP contribution in [0.4, 0.5) is 0 Å². The van der Waals surface area contributed by atoms with E-state index in [0.717, 1.165) is 50.7 Å². The Hall–Kier alpha value is -4.84. The second kappa shape index (κ2) is 10.8. The molecule has 2 N–H and O–H groups in total. The van der Waals surface area contributed by atoms with Crippen LogP contribution in [-0.2, 0) is 17.8 Å². The number of nitrogens with one attached hydrogen (secondary N) is 1. The smallest absolute Gasteiger partial charge is 0.328 e. The Bertz CT molecular complexity index is 1520. The van der Waals surface area contributed by atoms with Gasteiger partial charge in [0, 0.05) is 41.1 Å². The molecule has 0 saturated heterocycles. The number of rotatable bonds is 9. The molecule has 0 unspecified atom stereocenters. The maximum absolute atomic E-state index is 11.2. The quantitative estimate of drug-likeness (QED) is 0.219. The Balaban J connectivity index is 1.29. The fourth-order valence-corrected chi connectivity index (χ4v) is 4.15. The highest BCUT2D eigenvalue weighted by atomic mass is 16.5. The van der Waals surface area contributed by atoms with E-state index in [1.165, 1.54) is 6.08 Å². The third-order valence-corrected chi connectivity index (χ3v) is 6.08. The Kier molecular flexibility index (Phi) is 6.99. The van der Waals surface area contributed by atoms with Crippen molar-refractivity contribution in [2.75, 3.05) is 0 Å². The second-order valence-corrected chi connectivity index (χ2v) is 8.63. The molecular formula is C31H26N2O4. The first-order valence-electron chi connectivity index (χ1n) is 12.0. The summed E-state index contributed by atoms with van der Waals surface area (Å²) < 4.78 is 11.8. The van der Waals surface area contributed by atoms with E-state index in [1.54, 1.807) is 6.08 Å². The number of hydrogen-bond acceptors (Lipinski definition) is 4. The van der Waals surface area contributed by atoms with Crippen LogP contribution in [0.15, 0.2) is 102 Å². The average molecular weight is 491 g/mol. The number of ether oxygens (including phenoxy) is 1. The maximum Gasteiger partial charge on any atom is 0.328 e. The van der Waals surface area contributed by atoms with Crippen molar-refractivity contribution in [3.05, 3.63) is 125 Å². The van der Waals surface area contributed by atoms with E-state index < -0.39 is 5.97 Å². The zero-order valence-corrected chi connectivity index (χ0v) is 20.3. The van der Waals surface area contributed by atoms with Crippen LogP contribution >= 0.6 is 0 Å². The first-order chi connectivity index (χ1) is 18.1. The highest BCUT2D eigenvalue weighted by molar-refractivity contribution is 5.88. The second-order valence-electron chi connectivity index (χ2n) is 8.63. The van der Waals surface area contributed by atoms with Crippen molar-refractivity contribution >= 4 is 12.0 Å². The van der Waals surface area contributed by atoms with Gasteiger partial charge in [0.1, 0.15) is 23.8 Å². The highest BCUT2D eigenvalue weighted by Gasteiger charge is 2.13. The lowest BCUT2D eigenvalue weighted by Crippen LogP contribution is -1.98. The van der Waals surface area contributed by atoms with Gasteiger partial charge in [0.25, 0.3) is 0 Å². The molecule has 184 valence electrons. The molecule has 0 saturated carbocycles.